The fraction of sp³-hybridized carbons (Fsp3) is 0.370. The molecule has 0 atom stereocenters. The molecule has 2 aliphatic rings. The summed E-state index contributed by atoms with van der Waals surface area (Å²) in [5, 5.41) is 24.4. The number of ether oxygens (including phenoxy) is 1. The minimum Gasteiger partial charge on any atom is -0.486 e. The Morgan fingerprint density at radius 3 is 2.38 bits per heavy atom. The number of nitro benzene ring substituents is 1. The lowest BCUT2D eigenvalue weighted by atomic mass is 10.1. The smallest absolute Gasteiger partial charge is 0.316 e. The van der Waals surface area contributed by atoms with Gasteiger partial charge < -0.3 is 9.64 Å². The maximum Gasteiger partial charge on any atom is 0.316 e. The predicted octanol–water partition coefficient (Wildman–Crippen LogP) is 3.12. The molecule has 1 aliphatic carbocycles. The van der Waals surface area contributed by atoms with Gasteiger partial charge in [0.15, 0.2) is 0 Å². The molecule has 220 valence electrons. The van der Waals surface area contributed by atoms with E-state index in [2.05, 4.69) is 5.10 Å². The monoisotopic (exact) mass is 600 g/mol. The van der Waals surface area contributed by atoms with E-state index >= 15 is 0 Å². The highest BCUT2D eigenvalue weighted by Gasteiger charge is 2.39. The van der Waals surface area contributed by atoms with Crippen LogP contribution in [0.1, 0.15) is 30.9 Å². The summed E-state index contributed by atoms with van der Waals surface area (Å²) >= 11 is 0. The average molecular weight is 601 g/mol. The van der Waals surface area contributed by atoms with Crippen LogP contribution in [0.15, 0.2) is 47.4 Å². The van der Waals surface area contributed by atoms with Crippen molar-refractivity contribution >= 4 is 21.4 Å². The molecule has 3 aromatic rings. The summed E-state index contributed by atoms with van der Waals surface area (Å²) in [6.45, 7) is 2.78. The molecule has 42 heavy (non-hydrogen) atoms. The third-order valence-corrected chi connectivity index (χ3v) is 9.23. The number of sulfonamides is 1. The van der Waals surface area contributed by atoms with Gasteiger partial charge in [0.05, 0.1) is 29.2 Å². The van der Waals surface area contributed by atoms with E-state index in [0.29, 0.717) is 11.8 Å². The molecule has 5 rings (SSSR count). The van der Waals surface area contributed by atoms with E-state index in [1.165, 1.54) is 22.6 Å². The Labute approximate surface area is 239 Å². The van der Waals surface area contributed by atoms with Gasteiger partial charge in [-0.1, -0.05) is 13.0 Å². The molecule has 1 saturated carbocycles. The second-order valence-electron chi connectivity index (χ2n) is 10.7. The Morgan fingerprint density at radius 2 is 1.79 bits per heavy atom. The van der Waals surface area contributed by atoms with Crippen LogP contribution in [0.2, 0.25) is 0 Å². The number of aromatic nitrogens is 2. The molecule has 2 fully saturated rings. The van der Waals surface area contributed by atoms with Crippen molar-refractivity contribution < 1.29 is 26.9 Å². The zero-order valence-electron chi connectivity index (χ0n) is 22.5. The van der Waals surface area contributed by atoms with Crippen LogP contribution in [0.5, 0.6) is 5.75 Å². The topological polar surface area (TPSA) is 152 Å². The molecule has 0 N–H and O–H groups in total. The Bertz CT molecular complexity index is 1740. The van der Waals surface area contributed by atoms with Crippen LogP contribution in [-0.4, -0.2) is 60.2 Å². The minimum atomic E-state index is -3.85. The lowest BCUT2D eigenvalue weighted by Gasteiger charge is -2.35. The van der Waals surface area contributed by atoms with E-state index in [1.54, 1.807) is 11.0 Å². The first-order valence-corrected chi connectivity index (χ1v) is 14.6. The molecule has 2 heterocycles. The van der Waals surface area contributed by atoms with Crippen LogP contribution >= 0.6 is 0 Å². The van der Waals surface area contributed by atoms with E-state index in [4.69, 9.17) is 4.74 Å². The SMILES string of the molecule is CC1(COc2c(N3CCN(S(=O)(=O)Cc4ccc([N+](=O)[O-])c(C#N)c4)CC3)cnn(-c3cc(F)cc(F)c3)c2=O)CC1. The highest BCUT2D eigenvalue weighted by Crippen LogP contribution is 2.45. The molecule has 1 aromatic heterocycles. The number of halogens is 2. The number of piperazine rings is 1. The number of hydrogen-bond donors (Lipinski definition) is 0. The van der Waals surface area contributed by atoms with Crippen molar-refractivity contribution in [3.63, 3.8) is 0 Å². The van der Waals surface area contributed by atoms with Gasteiger partial charge in [-0.15, -0.1) is 0 Å². The second kappa shape index (κ2) is 11.1. The van der Waals surface area contributed by atoms with Crippen molar-refractivity contribution in [2.45, 2.75) is 25.5 Å². The first kappa shape index (κ1) is 29.1. The number of nitriles is 1. The fourth-order valence-electron chi connectivity index (χ4n) is 4.67. The van der Waals surface area contributed by atoms with Crippen LogP contribution < -0.4 is 15.2 Å². The lowest BCUT2D eigenvalue weighted by molar-refractivity contribution is -0.385. The Balaban J connectivity index is 1.36. The first-order chi connectivity index (χ1) is 19.9. The fourth-order valence-corrected chi connectivity index (χ4v) is 6.17. The number of benzene rings is 2. The van der Waals surface area contributed by atoms with Gasteiger partial charge in [-0.3, -0.25) is 14.9 Å². The Morgan fingerprint density at radius 1 is 1.12 bits per heavy atom. The maximum atomic E-state index is 13.9. The van der Waals surface area contributed by atoms with Gasteiger partial charge in [0.25, 0.3) is 5.69 Å². The van der Waals surface area contributed by atoms with Gasteiger partial charge in [0, 0.05) is 43.7 Å². The molecule has 0 spiro atoms. The molecule has 2 aromatic carbocycles. The van der Waals surface area contributed by atoms with Crippen molar-refractivity contribution in [2.75, 3.05) is 37.7 Å². The molecule has 0 unspecified atom stereocenters. The number of hydrogen-bond acceptors (Lipinski definition) is 9. The van der Waals surface area contributed by atoms with Gasteiger partial charge in [0.2, 0.25) is 15.8 Å². The van der Waals surface area contributed by atoms with E-state index < -0.39 is 43.6 Å². The van der Waals surface area contributed by atoms with Gasteiger partial charge in [-0.25, -0.2) is 17.2 Å². The summed E-state index contributed by atoms with van der Waals surface area (Å²) in [6.07, 6.45) is 3.22. The Kier molecular flexibility index (Phi) is 7.69. The molecular formula is C27H26F2N6O6S. The quantitative estimate of drug-likeness (QED) is 0.266. The third kappa shape index (κ3) is 6.09. The molecule has 1 aliphatic heterocycles. The molecule has 12 nitrogen and oxygen atoms in total. The van der Waals surface area contributed by atoms with Crippen LogP contribution in [0.3, 0.4) is 0 Å². The third-order valence-electron chi connectivity index (χ3n) is 7.38. The highest BCUT2D eigenvalue weighted by atomic mass is 32.2. The van der Waals surface area contributed by atoms with Crippen LogP contribution in [-0.2, 0) is 15.8 Å². The Hall–Kier alpha value is -4.42. The minimum absolute atomic E-state index is 0.0472. The molecule has 0 bridgehead atoms. The highest BCUT2D eigenvalue weighted by molar-refractivity contribution is 7.88. The van der Waals surface area contributed by atoms with Crippen LogP contribution in [0, 0.1) is 38.5 Å². The maximum absolute atomic E-state index is 13.9. The zero-order chi connectivity index (χ0) is 30.2. The number of rotatable bonds is 9. The van der Waals surface area contributed by atoms with Gasteiger partial charge >= 0.3 is 5.56 Å². The van der Waals surface area contributed by atoms with Crippen molar-refractivity contribution in [3.8, 4) is 17.5 Å². The summed E-state index contributed by atoms with van der Waals surface area (Å²) in [4.78, 5) is 25.6. The van der Waals surface area contributed by atoms with Crippen molar-refractivity contribution in [2.24, 2.45) is 5.41 Å². The van der Waals surface area contributed by atoms with Crippen molar-refractivity contribution in [1.29, 1.82) is 5.26 Å². The molecule has 1 saturated heterocycles. The first-order valence-electron chi connectivity index (χ1n) is 13.0. The number of nitro groups is 1. The van der Waals surface area contributed by atoms with Gasteiger partial charge in [-0.05, 0) is 36.6 Å². The van der Waals surface area contributed by atoms with E-state index in [0.717, 1.165) is 35.7 Å². The standard InChI is InChI=1S/C27H26F2N6O6S/c1-27(4-5-27)17-41-25-24(15-31-34(26(25)36)22-12-20(28)11-21(29)13-22)32-6-8-33(9-7-32)42(39,40)16-18-2-3-23(35(37)38)19(10-18)14-30/h2-3,10-13,15H,4-9,16-17H2,1H3. The summed E-state index contributed by atoms with van der Waals surface area (Å²) in [5.41, 5.74) is -0.948. The normalized spacial score (nSPS) is 16.6. The number of anilines is 1. The predicted molar refractivity (Wildman–Crippen MR) is 147 cm³/mol. The number of nitrogens with zero attached hydrogens (tertiary/aromatic N) is 6. The second-order valence-corrected chi connectivity index (χ2v) is 12.6. The van der Waals surface area contributed by atoms with Crippen molar-refractivity contribution in [3.05, 3.63) is 85.8 Å². The van der Waals surface area contributed by atoms with Crippen molar-refractivity contribution in [1.82, 2.24) is 14.1 Å². The largest absolute Gasteiger partial charge is 0.486 e. The molecular weight excluding hydrogens is 574 g/mol. The van der Waals surface area contributed by atoms with E-state index in [9.17, 15) is 37.4 Å². The summed E-state index contributed by atoms with van der Waals surface area (Å²) < 4.78 is 62.2. The molecule has 0 amide bonds. The van der Waals surface area contributed by atoms with E-state index in [-0.39, 0.29) is 60.8 Å². The van der Waals surface area contributed by atoms with Gasteiger partial charge in [0.1, 0.15) is 29.0 Å². The van der Waals surface area contributed by atoms with Crippen LogP contribution in [0.4, 0.5) is 20.2 Å². The van der Waals surface area contributed by atoms with Gasteiger partial charge in [-0.2, -0.15) is 19.3 Å². The average Bonchev–Trinajstić information content (AvgIpc) is 3.68. The zero-order valence-corrected chi connectivity index (χ0v) is 23.3. The summed E-state index contributed by atoms with van der Waals surface area (Å²) in [6, 6.07) is 7.99. The summed E-state index contributed by atoms with van der Waals surface area (Å²) in [7, 11) is -3.85. The lowest BCUT2D eigenvalue weighted by Crippen LogP contribution is -2.49. The van der Waals surface area contributed by atoms with E-state index in [1.807, 2.05) is 6.92 Å². The summed E-state index contributed by atoms with van der Waals surface area (Å²) in [5.74, 6) is -2.24. The molecule has 0 radical (unpaired) electrons. The molecule has 15 heteroatoms. The van der Waals surface area contributed by atoms with Crippen LogP contribution in [0.25, 0.3) is 5.69 Å².